The average molecular weight is 358 g/mol. The summed E-state index contributed by atoms with van der Waals surface area (Å²) in [6.07, 6.45) is -0.0939. The fourth-order valence-electron chi connectivity index (χ4n) is 2.68. The molecule has 0 bridgehead atoms. The van der Waals surface area contributed by atoms with Crippen molar-refractivity contribution in [2.24, 2.45) is 0 Å². The van der Waals surface area contributed by atoms with E-state index in [1.165, 1.54) is 0 Å². The molecule has 1 heterocycles. The third kappa shape index (κ3) is 3.79. The molecule has 1 saturated heterocycles. The number of rotatable bonds is 5. The maximum absolute atomic E-state index is 11.4. The molecule has 0 spiro atoms. The minimum Gasteiger partial charge on any atom is -0.374 e. The summed E-state index contributed by atoms with van der Waals surface area (Å²) in [6, 6.07) is 5.10. The molecule has 2 unspecified atom stereocenters. The molecule has 1 aliphatic rings. The number of nitro groups is 1. The zero-order valence-corrected chi connectivity index (χ0v) is 13.8. The van der Waals surface area contributed by atoms with Crippen molar-refractivity contribution in [2.75, 3.05) is 33.3 Å². The van der Waals surface area contributed by atoms with E-state index in [0.717, 1.165) is 13.1 Å². The number of benzene rings is 1. The number of ether oxygens (including phenoxy) is 1. The Morgan fingerprint density at radius 3 is 3.00 bits per heavy atom. The van der Waals surface area contributed by atoms with Gasteiger partial charge in [-0.1, -0.05) is 22.9 Å². The number of hydrogen-bond acceptors (Lipinski definition) is 5. The van der Waals surface area contributed by atoms with E-state index in [4.69, 9.17) is 4.74 Å². The van der Waals surface area contributed by atoms with E-state index in [0.29, 0.717) is 23.2 Å². The Morgan fingerprint density at radius 1 is 1.57 bits per heavy atom. The highest BCUT2D eigenvalue weighted by Crippen LogP contribution is 2.35. The van der Waals surface area contributed by atoms with Crippen LogP contribution in [-0.2, 0) is 4.74 Å². The molecule has 2 atom stereocenters. The average Bonchev–Trinajstić information content (AvgIpc) is 2.45. The van der Waals surface area contributed by atoms with Gasteiger partial charge in [-0.25, -0.2) is 0 Å². The van der Waals surface area contributed by atoms with Crippen LogP contribution in [0.2, 0.25) is 0 Å². The molecule has 0 radical (unpaired) electrons. The summed E-state index contributed by atoms with van der Waals surface area (Å²) in [5, 5.41) is 14.6. The molecule has 21 heavy (non-hydrogen) atoms. The molecule has 0 amide bonds. The maximum Gasteiger partial charge on any atom is 0.275 e. The lowest BCUT2D eigenvalue weighted by molar-refractivity contribution is -0.386. The quantitative estimate of drug-likeness (QED) is 0.647. The van der Waals surface area contributed by atoms with Crippen molar-refractivity contribution in [3.05, 3.63) is 38.3 Å². The predicted molar refractivity (Wildman–Crippen MR) is 84.5 cm³/mol. The van der Waals surface area contributed by atoms with E-state index in [-0.39, 0.29) is 22.8 Å². The summed E-state index contributed by atoms with van der Waals surface area (Å²) >= 11 is 3.30. The van der Waals surface area contributed by atoms with Gasteiger partial charge in [-0.05, 0) is 25.7 Å². The first kappa shape index (κ1) is 16.4. The van der Waals surface area contributed by atoms with E-state index in [1.807, 2.05) is 26.1 Å². The second-order valence-corrected chi connectivity index (χ2v) is 6.02. The van der Waals surface area contributed by atoms with Crippen LogP contribution in [0.15, 0.2) is 22.7 Å². The number of nitrogens with zero attached hydrogens (tertiary/aromatic N) is 2. The van der Waals surface area contributed by atoms with Gasteiger partial charge in [-0.2, -0.15) is 0 Å². The smallest absolute Gasteiger partial charge is 0.275 e. The van der Waals surface area contributed by atoms with Crippen LogP contribution >= 0.6 is 15.9 Å². The number of nitrogens with one attached hydrogen (secondary N) is 1. The van der Waals surface area contributed by atoms with E-state index in [1.54, 1.807) is 6.07 Å². The molecular formula is C14H20BrN3O3. The van der Waals surface area contributed by atoms with Gasteiger partial charge in [-0.15, -0.1) is 0 Å². The van der Waals surface area contributed by atoms with Crippen molar-refractivity contribution in [1.82, 2.24) is 10.2 Å². The third-order valence-corrected chi connectivity index (χ3v) is 4.20. The van der Waals surface area contributed by atoms with Crippen LogP contribution in [0, 0.1) is 10.1 Å². The van der Waals surface area contributed by atoms with Crippen molar-refractivity contribution in [2.45, 2.75) is 19.1 Å². The Kier molecular flexibility index (Phi) is 5.69. The van der Waals surface area contributed by atoms with Crippen molar-refractivity contribution in [3.63, 3.8) is 0 Å². The second kappa shape index (κ2) is 7.31. The first-order valence-electron chi connectivity index (χ1n) is 7.01. The van der Waals surface area contributed by atoms with Gasteiger partial charge in [0.15, 0.2) is 0 Å². The minimum atomic E-state index is -0.327. The molecule has 2 rings (SSSR count). The molecule has 1 aliphatic heterocycles. The van der Waals surface area contributed by atoms with Crippen LogP contribution in [0.5, 0.6) is 0 Å². The fourth-order valence-corrected chi connectivity index (χ4v) is 3.03. The van der Waals surface area contributed by atoms with E-state index in [2.05, 4.69) is 26.1 Å². The third-order valence-electron chi connectivity index (χ3n) is 3.71. The van der Waals surface area contributed by atoms with Crippen LogP contribution < -0.4 is 5.32 Å². The zero-order chi connectivity index (χ0) is 15.4. The molecule has 1 aromatic carbocycles. The van der Waals surface area contributed by atoms with Gasteiger partial charge in [0.2, 0.25) is 0 Å². The van der Waals surface area contributed by atoms with Crippen molar-refractivity contribution in [1.29, 1.82) is 0 Å². The lowest BCUT2D eigenvalue weighted by Gasteiger charge is -2.39. The molecule has 7 heteroatoms. The van der Waals surface area contributed by atoms with Gasteiger partial charge in [0.25, 0.3) is 5.69 Å². The molecular weight excluding hydrogens is 338 g/mol. The minimum absolute atomic E-state index is 0.0939. The fraction of sp³-hybridized carbons (Fsp3) is 0.571. The summed E-state index contributed by atoms with van der Waals surface area (Å²) in [5.74, 6) is 0. The van der Waals surface area contributed by atoms with Gasteiger partial charge in [-0.3, -0.25) is 15.0 Å². The van der Waals surface area contributed by atoms with Crippen molar-refractivity contribution in [3.8, 4) is 0 Å². The maximum atomic E-state index is 11.4. The molecule has 1 fully saturated rings. The second-order valence-electron chi connectivity index (χ2n) is 5.10. The largest absolute Gasteiger partial charge is 0.374 e. The Bertz CT molecular complexity index is 512. The first-order valence-corrected chi connectivity index (χ1v) is 7.80. The summed E-state index contributed by atoms with van der Waals surface area (Å²) in [5.41, 5.74) is 0.835. The number of hydrogen-bond donors (Lipinski definition) is 1. The highest BCUT2D eigenvalue weighted by atomic mass is 79.9. The Balaban J connectivity index is 2.37. The van der Waals surface area contributed by atoms with E-state index >= 15 is 0 Å². The Labute approximate surface area is 132 Å². The molecule has 0 aliphatic carbocycles. The topological polar surface area (TPSA) is 67.6 Å². The van der Waals surface area contributed by atoms with Gasteiger partial charge in [0.05, 0.1) is 23.7 Å². The van der Waals surface area contributed by atoms with Gasteiger partial charge in [0, 0.05) is 29.2 Å². The predicted octanol–water partition coefficient (Wildman–Crippen LogP) is 2.34. The summed E-state index contributed by atoms with van der Waals surface area (Å²) in [7, 11) is 1.98. The highest BCUT2D eigenvalue weighted by Gasteiger charge is 2.35. The van der Waals surface area contributed by atoms with Gasteiger partial charge < -0.3 is 10.1 Å². The van der Waals surface area contributed by atoms with Crippen molar-refractivity contribution < 1.29 is 9.66 Å². The summed E-state index contributed by atoms with van der Waals surface area (Å²) in [4.78, 5) is 13.2. The van der Waals surface area contributed by atoms with Crippen molar-refractivity contribution >= 4 is 21.6 Å². The molecule has 6 nitrogen and oxygen atoms in total. The number of likely N-dealkylation sites (N-methyl/N-ethyl adjacent to an activating group) is 2. The summed E-state index contributed by atoms with van der Waals surface area (Å²) in [6.45, 7) is 4.97. The summed E-state index contributed by atoms with van der Waals surface area (Å²) < 4.78 is 6.55. The standard InChI is InChI=1S/C14H20BrN3O3/c1-3-16-9-13-14(17(2)6-7-21-13)11-5-4-10(15)8-12(11)18(19)20/h4-5,8,13-14,16H,3,6-7,9H2,1-2H3. The van der Waals surface area contributed by atoms with Crippen LogP contribution in [0.3, 0.4) is 0 Å². The Morgan fingerprint density at radius 2 is 2.33 bits per heavy atom. The molecule has 1 aromatic rings. The SMILES string of the molecule is CCNCC1OCCN(C)C1c1ccc(Br)cc1[N+](=O)[O-]. The van der Waals surface area contributed by atoms with Gasteiger partial charge in [0.1, 0.15) is 0 Å². The number of morpholine rings is 1. The van der Waals surface area contributed by atoms with Gasteiger partial charge >= 0.3 is 0 Å². The first-order chi connectivity index (χ1) is 10.0. The number of nitro benzene ring substituents is 1. The monoisotopic (exact) mass is 357 g/mol. The molecule has 116 valence electrons. The normalized spacial score (nSPS) is 23.2. The highest BCUT2D eigenvalue weighted by molar-refractivity contribution is 9.10. The molecule has 1 N–H and O–H groups in total. The van der Waals surface area contributed by atoms with Crippen LogP contribution in [0.1, 0.15) is 18.5 Å². The Hall–Kier alpha value is -1.02. The molecule has 0 saturated carbocycles. The van der Waals surface area contributed by atoms with E-state index < -0.39 is 0 Å². The molecule has 0 aromatic heterocycles. The van der Waals surface area contributed by atoms with Crippen LogP contribution in [-0.4, -0.2) is 49.2 Å². The lowest BCUT2D eigenvalue weighted by atomic mass is 9.96. The lowest BCUT2D eigenvalue weighted by Crippen LogP contribution is -2.47. The number of halogens is 1. The van der Waals surface area contributed by atoms with Crippen LogP contribution in [0.25, 0.3) is 0 Å². The van der Waals surface area contributed by atoms with Crippen LogP contribution in [0.4, 0.5) is 5.69 Å². The zero-order valence-electron chi connectivity index (χ0n) is 12.2. The van der Waals surface area contributed by atoms with E-state index in [9.17, 15) is 10.1 Å².